The SMILES string of the molecule is Cc1nc(N2CCC3CCCCC32)sc1CNCC(C)C. The molecule has 3 rings (SSSR count). The van der Waals surface area contributed by atoms with Gasteiger partial charge in [0, 0.05) is 24.0 Å². The van der Waals surface area contributed by atoms with Gasteiger partial charge in [-0.05, 0) is 44.6 Å². The van der Waals surface area contributed by atoms with Crippen molar-refractivity contribution in [2.24, 2.45) is 11.8 Å². The lowest BCUT2D eigenvalue weighted by atomic mass is 9.85. The zero-order chi connectivity index (χ0) is 14.8. The van der Waals surface area contributed by atoms with E-state index in [1.165, 1.54) is 54.4 Å². The van der Waals surface area contributed by atoms with Crippen molar-refractivity contribution in [3.63, 3.8) is 0 Å². The molecule has 0 amide bonds. The van der Waals surface area contributed by atoms with Crippen molar-refractivity contribution < 1.29 is 0 Å². The molecule has 0 radical (unpaired) electrons. The van der Waals surface area contributed by atoms with Gasteiger partial charge in [-0.15, -0.1) is 11.3 Å². The molecule has 1 saturated carbocycles. The van der Waals surface area contributed by atoms with Crippen LogP contribution in [0.3, 0.4) is 0 Å². The molecule has 0 aromatic carbocycles. The van der Waals surface area contributed by atoms with E-state index in [2.05, 4.69) is 31.0 Å². The highest BCUT2D eigenvalue weighted by atomic mass is 32.1. The topological polar surface area (TPSA) is 28.2 Å². The number of aromatic nitrogens is 1. The maximum Gasteiger partial charge on any atom is 0.186 e. The quantitative estimate of drug-likeness (QED) is 0.892. The molecule has 1 saturated heterocycles. The van der Waals surface area contributed by atoms with Crippen molar-refractivity contribution in [3.05, 3.63) is 10.6 Å². The van der Waals surface area contributed by atoms with Gasteiger partial charge in [0.25, 0.3) is 0 Å². The van der Waals surface area contributed by atoms with Gasteiger partial charge in [-0.25, -0.2) is 4.98 Å². The fourth-order valence-corrected chi connectivity index (χ4v) is 4.93. The first-order valence-corrected chi connectivity index (χ1v) is 9.40. The van der Waals surface area contributed by atoms with Crippen LogP contribution in [0, 0.1) is 18.8 Å². The molecule has 118 valence electrons. The van der Waals surface area contributed by atoms with Crippen LogP contribution in [0.1, 0.15) is 56.5 Å². The first-order valence-electron chi connectivity index (χ1n) is 8.59. The van der Waals surface area contributed by atoms with Gasteiger partial charge in [0.2, 0.25) is 0 Å². The third kappa shape index (κ3) is 3.42. The summed E-state index contributed by atoms with van der Waals surface area (Å²) in [5.41, 5.74) is 1.23. The van der Waals surface area contributed by atoms with Crippen LogP contribution >= 0.6 is 11.3 Å². The smallest absolute Gasteiger partial charge is 0.186 e. The van der Waals surface area contributed by atoms with Crippen molar-refractivity contribution in [3.8, 4) is 0 Å². The highest BCUT2D eigenvalue weighted by molar-refractivity contribution is 7.15. The van der Waals surface area contributed by atoms with E-state index < -0.39 is 0 Å². The van der Waals surface area contributed by atoms with E-state index in [4.69, 9.17) is 4.98 Å². The van der Waals surface area contributed by atoms with Crippen molar-refractivity contribution in [1.82, 2.24) is 10.3 Å². The van der Waals surface area contributed by atoms with Gasteiger partial charge in [0.05, 0.1) is 5.69 Å². The highest BCUT2D eigenvalue weighted by Crippen LogP contribution is 2.40. The molecule has 0 bridgehead atoms. The Morgan fingerprint density at radius 2 is 2.10 bits per heavy atom. The Morgan fingerprint density at radius 3 is 2.90 bits per heavy atom. The van der Waals surface area contributed by atoms with E-state index in [-0.39, 0.29) is 0 Å². The van der Waals surface area contributed by atoms with Gasteiger partial charge >= 0.3 is 0 Å². The Balaban J connectivity index is 1.66. The Kier molecular flexibility index (Phi) is 4.85. The summed E-state index contributed by atoms with van der Waals surface area (Å²) in [6, 6.07) is 0.778. The van der Waals surface area contributed by atoms with Crippen LogP contribution in [-0.4, -0.2) is 24.1 Å². The summed E-state index contributed by atoms with van der Waals surface area (Å²) >= 11 is 1.92. The molecule has 2 unspecified atom stereocenters. The molecular formula is C17H29N3S. The largest absolute Gasteiger partial charge is 0.345 e. The predicted molar refractivity (Wildman–Crippen MR) is 91.1 cm³/mol. The second-order valence-electron chi connectivity index (χ2n) is 7.12. The molecule has 2 heterocycles. The molecule has 3 nitrogen and oxygen atoms in total. The third-order valence-electron chi connectivity index (χ3n) is 4.98. The highest BCUT2D eigenvalue weighted by Gasteiger charge is 2.37. The average molecular weight is 308 g/mol. The number of rotatable bonds is 5. The van der Waals surface area contributed by atoms with Crippen LogP contribution in [0.15, 0.2) is 0 Å². The van der Waals surface area contributed by atoms with Gasteiger partial charge in [-0.1, -0.05) is 26.7 Å². The van der Waals surface area contributed by atoms with Crippen molar-refractivity contribution >= 4 is 16.5 Å². The lowest BCUT2D eigenvalue weighted by molar-refractivity contribution is 0.342. The van der Waals surface area contributed by atoms with Gasteiger partial charge in [-0.2, -0.15) is 0 Å². The van der Waals surface area contributed by atoms with Gasteiger partial charge in [-0.3, -0.25) is 0 Å². The molecule has 2 atom stereocenters. The first-order chi connectivity index (χ1) is 10.1. The average Bonchev–Trinajstić information content (AvgIpc) is 3.02. The lowest BCUT2D eigenvalue weighted by Gasteiger charge is -2.31. The summed E-state index contributed by atoms with van der Waals surface area (Å²) in [5.74, 6) is 1.64. The summed E-state index contributed by atoms with van der Waals surface area (Å²) in [6.45, 7) is 9.96. The molecule has 2 aliphatic rings. The molecule has 21 heavy (non-hydrogen) atoms. The zero-order valence-corrected chi connectivity index (χ0v) is 14.5. The number of nitrogens with zero attached hydrogens (tertiary/aromatic N) is 2. The van der Waals surface area contributed by atoms with Crippen LogP contribution in [0.4, 0.5) is 5.13 Å². The molecule has 2 fully saturated rings. The number of fused-ring (bicyclic) bond motifs is 1. The Morgan fingerprint density at radius 1 is 1.29 bits per heavy atom. The van der Waals surface area contributed by atoms with Crippen LogP contribution in [0.2, 0.25) is 0 Å². The lowest BCUT2D eigenvalue weighted by Crippen LogP contribution is -2.34. The molecule has 1 N–H and O–H groups in total. The van der Waals surface area contributed by atoms with E-state index in [9.17, 15) is 0 Å². The second kappa shape index (κ2) is 6.66. The summed E-state index contributed by atoms with van der Waals surface area (Å²) < 4.78 is 0. The monoisotopic (exact) mass is 307 g/mol. The van der Waals surface area contributed by atoms with E-state index >= 15 is 0 Å². The standard InChI is InChI=1S/C17H29N3S/c1-12(2)10-18-11-16-13(3)19-17(21-16)20-9-8-14-6-4-5-7-15(14)20/h12,14-15,18H,4-11H2,1-3H3. The molecule has 1 aromatic heterocycles. The number of nitrogens with one attached hydrogen (secondary N) is 1. The molecule has 4 heteroatoms. The maximum atomic E-state index is 4.89. The normalized spacial score (nSPS) is 25.6. The van der Waals surface area contributed by atoms with E-state index in [0.29, 0.717) is 5.92 Å². The minimum Gasteiger partial charge on any atom is -0.345 e. The predicted octanol–water partition coefficient (Wildman–Crippen LogP) is 3.97. The number of hydrogen-bond acceptors (Lipinski definition) is 4. The summed E-state index contributed by atoms with van der Waals surface area (Å²) in [4.78, 5) is 8.93. The van der Waals surface area contributed by atoms with Crippen LogP contribution in [0.5, 0.6) is 0 Å². The zero-order valence-electron chi connectivity index (χ0n) is 13.7. The molecular weight excluding hydrogens is 278 g/mol. The van der Waals surface area contributed by atoms with Crippen molar-refractivity contribution in [2.45, 2.75) is 65.5 Å². The summed E-state index contributed by atoms with van der Waals surface area (Å²) in [6.07, 6.45) is 7.05. The molecule has 0 spiro atoms. The third-order valence-corrected chi connectivity index (χ3v) is 6.17. The van der Waals surface area contributed by atoms with E-state index in [0.717, 1.165) is 25.0 Å². The maximum absolute atomic E-state index is 4.89. The Hall–Kier alpha value is -0.610. The molecule has 1 aromatic rings. The van der Waals surface area contributed by atoms with Gasteiger partial charge < -0.3 is 10.2 Å². The minimum absolute atomic E-state index is 0.708. The fourth-order valence-electron chi connectivity index (χ4n) is 3.82. The summed E-state index contributed by atoms with van der Waals surface area (Å²) in [5, 5.41) is 4.83. The van der Waals surface area contributed by atoms with E-state index in [1.54, 1.807) is 0 Å². The first kappa shape index (κ1) is 15.3. The Bertz CT molecular complexity index is 469. The molecule has 1 aliphatic heterocycles. The summed E-state index contributed by atoms with van der Waals surface area (Å²) in [7, 11) is 0. The number of aryl methyl sites for hydroxylation is 1. The number of hydrogen-bond donors (Lipinski definition) is 1. The van der Waals surface area contributed by atoms with Gasteiger partial charge in [0.15, 0.2) is 5.13 Å². The fraction of sp³-hybridized carbons (Fsp3) is 0.824. The molecule has 1 aliphatic carbocycles. The van der Waals surface area contributed by atoms with Crippen LogP contribution < -0.4 is 10.2 Å². The van der Waals surface area contributed by atoms with E-state index in [1.807, 2.05) is 11.3 Å². The van der Waals surface area contributed by atoms with Crippen LogP contribution in [-0.2, 0) is 6.54 Å². The number of thiazole rings is 1. The van der Waals surface area contributed by atoms with Crippen molar-refractivity contribution in [2.75, 3.05) is 18.0 Å². The Labute approximate surface area is 133 Å². The second-order valence-corrected chi connectivity index (χ2v) is 8.19. The number of anilines is 1. The van der Waals surface area contributed by atoms with Crippen molar-refractivity contribution in [1.29, 1.82) is 0 Å². The van der Waals surface area contributed by atoms with Gasteiger partial charge in [0.1, 0.15) is 0 Å². The minimum atomic E-state index is 0.708. The van der Waals surface area contributed by atoms with Crippen LogP contribution in [0.25, 0.3) is 0 Å².